The van der Waals surface area contributed by atoms with Gasteiger partial charge in [-0.15, -0.1) is 0 Å². The Morgan fingerprint density at radius 3 is 2.56 bits per heavy atom. The number of nitrogen functional groups attached to an aromatic ring is 1. The van der Waals surface area contributed by atoms with Gasteiger partial charge in [-0.25, -0.2) is 0 Å². The van der Waals surface area contributed by atoms with Gasteiger partial charge in [0.05, 0.1) is 5.60 Å². The number of ketones is 1. The molecule has 0 aliphatic rings. The van der Waals surface area contributed by atoms with Crippen molar-refractivity contribution in [1.82, 2.24) is 0 Å². The lowest BCUT2D eigenvalue weighted by Gasteiger charge is -2.19. The minimum atomic E-state index is -0.784. The van der Waals surface area contributed by atoms with Crippen LogP contribution in [-0.2, 0) is 0 Å². The number of hydrogen-bond donors (Lipinski definition) is 3. The highest BCUT2D eigenvalue weighted by Crippen LogP contribution is 2.19. The highest BCUT2D eigenvalue weighted by molar-refractivity contribution is 5.99. The first kappa shape index (κ1) is 12.5. The molecule has 1 aromatic carbocycles. The highest BCUT2D eigenvalue weighted by atomic mass is 16.3. The third-order valence-electron chi connectivity index (χ3n) is 2.16. The van der Waals surface area contributed by atoms with Gasteiger partial charge in [-0.05, 0) is 39.0 Å². The van der Waals surface area contributed by atoms with E-state index in [9.17, 15) is 9.90 Å². The summed E-state index contributed by atoms with van der Waals surface area (Å²) in [7, 11) is 0. The molecule has 4 heteroatoms. The van der Waals surface area contributed by atoms with Crippen LogP contribution in [-0.4, -0.2) is 23.0 Å². The first-order valence-electron chi connectivity index (χ1n) is 5.16. The molecule has 0 fully saturated rings. The molecule has 0 amide bonds. The van der Waals surface area contributed by atoms with Crippen molar-refractivity contribution in [2.24, 2.45) is 0 Å². The molecule has 0 heterocycles. The number of nitrogens with two attached hydrogens (primary N) is 1. The van der Waals surface area contributed by atoms with Crippen molar-refractivity contribution < 1.29 is 9.90 Å². The van der Waals surface area contributed by atoms with E-state index in [0.29, 0.717) is 17.8 Å². The number of aliphatic hydroxyl groups is 1. The second-order valence-electron chi connectivity index (χ2n) is 4.52. The number of nitrogens with one attached hydrogen (secondary N) is 1. The molecule has 0 atom stereocenters. The van der Waals surface area contributed by atoms with Gasteiger partial charge in [-0.2, -0.15) is 0 Å². The summed E-state index contributed by atoms with van der Waals surface area (Å²) in [5.74, 6) is -0.0495. The van der Waals surface area contributed by atoms with E-state index in [2.05, 4.69) is 5.32 Å². The zero-order valence-corrected chi connectivity index (χ0v) is 9.87. The van der Waals surface area contributed by atoms with Crippen molar-refractivity contribution in [3.63, 3.8) is 0 Å². The van der Waals surface area contributed by atoms with E-state index in [4.69, 9.17) is 5.73 Å². The van der Waals surface area contributed by atoms with Gasteiger partial charge < -0.3 is 16.2 Å². The van der Waals surface area contributed by atoms with Gasteiger partial charge in [-0.3, -0.25) is 4.79 Å². The summed E-state index contributed by atoms with van der Waals surface area (Å²) in [5, 5.41) is 12.6. The summed E-state index contributed by atoms with van der Waals surface area (Å²) in [6.07, 6.45) is 0. The topological polar surface area (TPSA) is 75.3 Å². The average molecular weight is 222 g/mol. The Morgan fingerprint density at radius 1 is 1.50 bits per heavy atom. The molecule has 0 aromatic heterocycles. The fourth-order valence-corrected chi connectivity index (χ4v) is 1.31. The molecule has 0 radical (unpaired) electrons. The lowest BCUT2D eigenvalue weighted by molar-refractivity contribution is 0.0944. The monoisotopic (exact) mass is 222 g/mol. The zero-order chi connectivity index (χ0) is 12.3. The maximum absolute atomic E-state index is 11.2. The molecule has 0 bridgehead atoms. The van der Waals surface area contributed by atoms with Crippen molar-refractivity contribution in [3.8, 4) is 0 Å². The Kier molecular flexibility index (Phi) is 3.55. The average Bonchev–Trinajstić information content (AvgIpc) is 2.13. The van der Waals surface area contributed by atoms with Gasteiger partial charge in [0.25, 0.3) is 0 Å². The Labute approximate surface area is 95.5 Å². The third kappa shape index (κ3) is 3.55. The summed E-state index contributed by atoms with van der Waals surface area (Å²) >= 11 is 0. The normalized spacial score (nSPS) is 11.2. The van der Waals surface area contributed by atoms with Crippen molar-refractivity contribution in [2.75, 3.05) is 17.6 Å². The predicted octanol–water partition coefficient (Wildman–Crippen LogP) is 1.65. The van der Waals surface area contributed by atoms with E-state index in [-0.39, 0.29) is 5.78 Å². The van der Waals surface area contributed by atoms with E-state index in [1.165, 1.54) is 6.92 Å². The molecule has 16 heavy (non-hydrogen) atoms. The molecule has 88 valence electrons. The highest BCUT2D eigenvalue weighted by Gasteiger charge is 2.12. The molecule has 0 unspecified atom stereocenters. The molecule has 0 aliphatic heterocycles. The molecule has 0 spiro atoms. The van der Waals surface area contributed by atoms with E-state index >= 15 is 0 Å². The summed E-state index contributed by atoms with van der Waals surface area (Å²) in [6, 6.07) is 5.16. The van der Waals surface area contributed by atoms with Crippen LogP contribution >= 0.6 is 0 Å². The summed E-state index contributed by atoms with van der Waals surface area (Å²) in [5.41, 5.74) is 6.72. The molecule has 0 saturated heterocycles. The van der Waals surface area contributed by atoms with E-state index in [1.807, 2.05) is 0 Å². The fraction of sp³-hybridized carbons (Fsp3) is 0.417. The van der Waals surface area contributed by atoms with Crippen LogP contribution in [0.15, 0.2) is 18.2 Å². The smallest absolute Gasteiger partial charge is 0.161 e. The minimum Gasteiger partial charge on any atom is -0.398 e. The molecular formula is C12H18N2O2. The van der Waals surface area contributed by atoms with E-state index < -0.39 is 5.60 Å². The number of carbonyl (C=O) groups is 1. The largest absolute Gasteiger partial charge is 0.398 e. The number of benzene rings is 1. The van der Waals surface area contributed by atoms with Crippen LogP contribution in [0.5, 0.6) is 0 Å². The maximum atomic E-state index is 11.2. The Hall–Kier alpha value is -1.55. The molecule has 0 saturated carbocycles. The van der Waals surface area contributed by atoms with Gasteiger partial charge >= 0.3 is 0 Å². The van der Waals surface area contributed by atoms with Crippen molar-refractivity contribution in [2.45, 2.75) is 26.4 Å². The second-order valence-corrected chi connectivity index (χ2v) is 4.52. The summed E-state index contributed by atoms with van der Waals surface area (Å²) < 4.78 is 0. The maximum Gasteiger partial charge on any atom is 0.161 e. The van der Waals surface area contributed by atoms with Crippen LogP contribution in [0.3, 0.4) is 0 Å². The summed E-state index contributed by atoms with van der Waals surface area (Å²) in [6.45, 7) is 5.34. The first-order valence-corrected chi connectivity index (χ1v) is 5.16. The summed E-state index contributed by atoms with van der Waals surface area (Å²) in [4.78, 5) is 11.2. The molecular weight excluding hydrogens is 204 g/mol. The van der Waals surface area contributed by atoms with Gasteiger partial charge in [-0.1, -0.05) is 0 Å². The number of Topliss-reactive ketones (excluding diaryl/α,β-unsaturated/α-hetero) is 1. The van der Waals surface area contributed by atoms with Crippen molar-refractivity contribution in [3.05, 3.63) is 23.8 Å². The lowest BCUT2D eigenvalue weighted by Crippen LogP contribution is -2.29. The quantitative estimate of drug-likeness (QED) is 0.535. The van der Waals surface area contributed by atoms with Crippen LogP contribution < -0.4 is 11.1 Å². The SMILES string of the molecule is CC(=O)c1ccc(NCC(C)(C)O)cc1N. The Bertz CT molecular complexity index is 394. The molecule has 0 aliphatic carbocycles. The van der Waals surface area contributed by atoms with Crippen molar-refractivity contribution >= 4 is 17.2 Å². The van der Waals surface area contributed by atoms with Gasteiger partial charge in [0.2, 0.25) is 0 Å². The molecule has 4 nitrogen and oxygen atoms in total. The predicted molar refractivity (Wildman–Crippen MR) is 65.6 cm³/mol. The Balaban J connectivity index is 2.78. The zero-order valence-electron chi connectivity index (χ0n) is 9.87. The van der Waals surface area contributed by atoms with Crippen LogP contribution in [0.4, 0.5) is 11.4 Å². The minimum absolute atomic E-state index is 0.0495. The molecule has 1 rings (SSSR count). The fourth-order valence-electron chi connectivity index (χ4n) is 1.31. The first-order chi connectivity index (χ1) is 7.29. The van der Waals surface area contributed by atoms with Crippen LogP contribution in [0.1, 0.15) is 31.1 Å². The van der Waals surface area contributed by atoms with Gasteiger partial charge in [0.1, 0.15) is 0 Å². The Morgan fingerprint density at radius 2 is 2.12 bits per heavy atom. The van der Waals surface area contributed by atoms with E-state index in [0.717, 1.165) is 5.69 Å². The number of hydrogen-bond acceptors (Lipinski definition) is 4. The number of anilines is 2. The molecule has 4 N–H and O–H groups in total. The standard InChI is InChI=1S/C12H18N2O2/c1-8(15)10-5-4-9(6-11(10)13)14-7-12(2,3)16/h4-6,14,16H,7,13H2,1-3H3. The molecule has 1 aromatic rings. The van der Waals surface area contributed by atoms with Crippen LogP contribution in [0.2, 0.25) is 0 Å². The number of carbonyl (C=O) groups excluding carboxylic acids is 1. The van der Waals surface area contributed by atoms with Crippen LogP contribution in [0, 0.1) is 0 Å². The van der Waals surface area contributed by atoms with E-state index in [1.54, 1.807) is 32.0 Å². The van der Waals surface area contributed by atoms with Gasteiger partial charge in [0, 0.05) is 23.5 Å². The number of rotatable bonds is 4. The lowest BCUT2D eigenvalue weighted by atomic mass is 10.1. The van der Waals surface area contributed by atoms with Crippen molar-refractivity contribution in [1.29, 1.82) is 0 Å². The third-order valence-corrected chi connectivity index (χ3v) is 2.16. The van der Waals surface area contributed by atoms with Gasteiger partial charge in [0.15, 0.2) is 5.78 Å². The second kappa shape index (κ2) is 4.53. The van der Waals surface area contributed by atoms with Crippen LogP contribution in [0.25, 0.3) is 0 Å².